The van der Waals surface area contributed by atoms with Crippen molar-refractivity contribution in [2.45, 2.75) is 25.3 Å². The number of nitrogens with one attached hydrogen (secondary N) is 1. The van der Waals surface area contributed by atoms with Crippen molar-refractivity contribution in [2.75, 3.05) is 0 Å². The first-order valence-corrected chi connectivity index (χ1v) is 8.64. The van der Waals surface area contributed by atoms with Gasteiger partial charge in [-0.3, -0.25) is 9.59 Å². The molecule has 0 aromatic heterocycles. The van der Waals surface area contributed by atoms with E-state index in [-0.39, 0.29) is 5.91 Å². The highest BCUT2D eigenvalue weighted by molar-refractivity contribution is 6.18. The van der Waals surface area contributed by atoms with Gasteiger partial charge >= 0.3 is 0 Å². The zero-order chi connectivity index (χ0) is 17.4. The number of amides is 2. The fourth-order valence-corrected chi connectivity index (χ4v) is 3.42. The third-order valence-corrected chi connectivity index (χ3v) is 4.91. The summed E-state index contributed by atoms with van der Waals surface area (Å²) in [5, 5.41) is 6.65. The molecule has 0 saturated heterocycles. The van der Waals surface area contributed by atoms with Crippen LogP contribution in [0.5, 0.6) is 0 Å². The zero-order valence-electron chi connectivity index (χ0n) is 13.9. The maximum Gasteiger partial charge on any atom is 0.253 e. The predicted molar refractivity (Wildman–Crippen MR) is 99.2 cm³/mol. The lowest BCUT2D eigenvalue weighted by Crippen LogP contribution is -2.44. The molecule has 3 aromatic carbocycles. The van der Waals surface area contributed by atoms with Crippen molar-refractivity contribution < 1.29 is 9.59 Å². The van der Waals surface area contributed by atoms with Gasteiger partial charge in [0.15, 0.2) is 0 Å². The fraction of sp³-hybridized carbons (Fsp3) is 0.238. The van der Waals surface area contributed by atoms with Crippen LogP contribution >= 0.6 is 0 Å². The topological polar surface area (TPSA) is 72.2 Å². The average molecular weight is 332 g/mol. The van der Waals surface area contributed by atoms with Gasteiger partial charge in [-0.15, -0.1) is 0 Å². The van der Waals surface area contributed by atoms with Crippen molar-refractivity contribution in [1.82, 2.24) is 5.32 Å². The first-order valence-electron chi connectivity index (χ1n) is 8.64. The highest BCUT2D eigenvalue weighted by Gasteiger charge is 2.30. The molecule has 1 aliphatic rings. The van der Waals surface area contributed by atoms with Crippen LogP contribution in [0.2, 0.25) is 0 Å². The summed E-state index contributed by atoms with van der Waals surface area (Å²) >= 11 is 0. The number of fused-ring (bicyclic) bond motifs is 2. The summed E-state index contributed by atoms with van der Waals surface area (Å²) in [6, 6.07) is 17.1. The molecule has 4 nitrogen and oxygen atoms in total. The van der Waals surface area contributed by atoms with Gasteiger partial charge in [-0.25, -0.2) is 0 Å². The molecule has 126 valence electrons. The van der Waals surface area contributed by atoms with Crippen molar-refractivity contribution in [2.24, 2.45) is 11.7 Å². The van der Waals surface area contributed by atoms with Gasteiger partial charge in [-0.2, -0.15) is 0 Å². The minimum atomic E-state index is -0.613. The number of hydrogen-bond acceptors (Lipinski definition) is 2. The second-order valence-corrected chi connectivity index (χ2v) is 6.80. The molecule has 1 atom stereocenters. The Kier molecular flexibility index (Phi) is 3.88. The van der Waals surface area contributed by atoms with Gasteiger partial charge in [-0.1, -0.05) is 61.4 Å². The van der Waals surface area contributed by atoms with Gasteiger partial charge in [0.05, 0.1) is 5.56 Å². The van der Waals surface area contributed by atoms with Crippen LogP contribution in [0.15, 0.2) is 54.6 Å². The molecule has 4 heteroatoms. The highest BCUT2D eigenvalue weighted by Crippen LogP contribution is 2.34. The van der Waals surface area contributed by atoms with Crippen molar-refractivity contribution in [3.8, 4) is 0 Å². The average Bonchev–Trinajstić information content (AvgIpc) is 3.42. The fourth-order valence-electron chi connectivity index (χ4n) is 3.42. The maximum atomic E-state index is 13.1. The van der Waals surface area contributed by atoms with Crippen molar-refractivity contribution >= 4 is 33.4 Å². The van der Waals surface area contributed by atoms with E-state index in [4.69, 9.17) is 5.73 Å². The second-order valence-electron chi connectivity index (χ2n) is 6.80. The van der Waals surface area contributed by atoms with Crippen LogP contribution in [0.4, 0.5) is 0 Å². The molecule has 25 heavy (non-hydrogen) atoms. The van der Waals surface area contributed by atoms with Crippen LogP contribution in [-0.2, 0) is 4.79 Å². The third kappa shape index (κ3) is 3.07. The Balaban J connectivity index is 1.79. The normalized spacial score (nSPS) is 15.2. The Bertz CT molecular complexity index is 922. The first-order chi connectivity index (χ1) is 12.1. The number of hydrogen-bond donors (Lipinski definition) is 2. The van der Waals surface area contributed by atoms with Gasteiger partial charge in [0.25, 0.3) is 5.91 Å². The Labute approximate surface area is 146 Å². The minimum absolute atomic E-state index is 0.238. The van der Waals surface area contributed by atoms with Crippen molar-refractivity contribution in [3.63, 3.8) is 0 Å². The Morgan fingerprint density at radius 1 is 1.00 bits per heavy atom. The maximum absolute atomic E-state index is 13.1. The number of carbonyl (C=O) groups excluding carboxylic acids is 2. The molecule has 0 radical (unpaired) electrons. The SMILES string of the molecule is NC(=O)[C@H](CC1CC1)NC(=O)c1c2ccccc2cc2ccccc12. The molecule has 0 bridgehead atoms. The number of primary amides is 1. The van der Waals surface area contributed by atoms with Crippen LogP contribution in [0.25, 0.3) is 21.5 Å². The lowest BCUT2D eigenvalue weighted by atomic mass is 9.96. The predicted octanol–water partition coefficient (Wildman–Crippen LogP) is 3.38. The van der Waals surface area contributed by atoms with Gasteiger partial charge in [0.1, 0.15) is 6.04 Å². The van der Waals surface area contributed by atoms with E-state index >= 15 is 0 Å². The Morgan fingerprint density at radius 2 is 1.56 bits per heavy atom. The first kappa shape index (κ1) is 15.6. The van der Waals surface area contributed by atoms with E-state index in [1.807, 2.05) is 48.5 Å². The highest BCUT2D eigenvalue weighted by atomic mass is 16.2. The standard InChI is InChI=1S/C21H20N2O2/c22-20(24)18(11-13-9-10-13)23-21(25)19-16-7-3-1-5-14(16)12-15-6-2-4-8-17(15)19/h1-8,12-13,18H,9-11H2,(H2,22,24)(H,23,25)/t18-/m0/s1. The summed E-state index contributed by atoms with van der Waals surface area (Å²) in [4.78, 5) is 24.8. The van der Waals surface area contributed by atoms with E-state index in [2.05, 4.69) is 11.4 Å². The number of nitrogens with two attached hydrogens (primary N) is 1. The molecule has 3 N–H and O–H groups in total. The molecule has 0 spiro atoms. The van der Waals surface area contributed by atoms with Crippen LogP contribution in [-0.4, -0.2) is 17.9 Å². The van der Waals surface area contributed by atoms with Crippen LogP contribution < -0.4 is 11.1 Å². The van der Waals surface area contributed by atoms with E-state index in [1.54, 1.807) is 0 Å². The zero-order valence-corrected chi connectivity index (χ0v) is 13.9. The molecule has 1 aliphatic carbocycles. The van der Waals surface area contributed by atoms with E-state index in [0.29, 0.717) is 17.9 Å². The lowest BCUT2D eigenvalue weighted by molar-refractivity contribution is -0.120. The van der Waals surface area contributed by atoms with E-state index in [0.717, 1.165) is 34.4 Å². The lowest BCUT2D eigenvalue weighted by Gasteiger charge is -2.17. The van der Waals surface area contributed by atoms with Crippen LogP contribution in [0.3, 0.4) is 0 Å². The largest absolute Gasteiger partial charge is 0.368 e. The summed E-state index contributed by atoms with van der Waals surface area (Å²) in [6.45, 7) is 0. The quantitative estimate of drug-likeness (QED) is 0.703. The summed E-state index contributed by atoms with van der Waals surface area (Å²) < 4.78 is 0. The molecule has 1 fully saturated rings. The molecule has 2 amide bonds. The van der Waals surface area contributed by atoms with Gasteiger partial charge in [0, 0.05) is 0 Å². The summed E-state index contributed by atoms with van der Waals surface area (Å²) in [5.74, 6) is -0.204. The molecule has 4 rings (SSSR count). The Hall–Kier alpha value is -2.88. The molecule has 1 saturated carbocycles. The van der Waals surface area contributed by atoms with Gasteiger partial charge in [-0.05, 0) is 39.9 Å². The molecular weight excluding hydrogens is 312 g/mol. The number of benzene rings is 3. The molecular formula is C21H20N2O2. The van der Waals surface area contributed by atoms with E-state index in [1.165, 1.54) is 0 Å². The van der Waals surface area contributed by atoms with Crippen molar-refractivity contribution in [1.29, 1.82) is 0 Å². The molecule has 0 unspecified atom stereocenters. The molecule has 0 heterocycles. The monoisotopic (exact) mass is 332 g/mol. The summed E-state index contributed by atoms with van der Waals surface area (Å²) in [7, 11) is 0. The van der Waals surface area contributed by atoms with E-state index in [9.17, 15) is 9.59 Å². The smallest absolute Gasteiger partial charge is 0.253 e. The van der Waals surface area contributed by atoms with Crippen LogP contribution in [0, 0.1) is 5.92 Å². The van der Waals surface area contributed by atoms with Crippen LogP contribution in [0.1, 0.15) is 29.6 Å². The number of carbonyl (C=O) groups is 2. The third-order valence-electron chi connectivity index (χ3n) is 4.91. The number of rotatable bonds is 5. The summed E-state index contributed by atoms with van der Waals surface area (Å²) in [6.07, 6.45) is 2.84. The molecule has 3 aromatic rings. The second kappa shape index (κ2) is 6.20. The van der Waals surface area contributed by atoms with E-state index < -0.39 is 11.9 Å². The Morgan fingerprint density at radius 3 is 2.08 bits per heavy atom. The summed E-state index contributed by atoms with van der Waals surface area (Å²) in [5.41, 5.74) is 6.12. The minimum Gasteiger partial charge on any atom is -0.368 e. The van der Waals surface area contributed by atoms with Crippen molar-refractivity contribution in [3.05, 3.63) is 60.2 Å². The van der Waals surface area contributed by atoms with Gasteiger partial charge < -0.3 is 11.1 Å². The van der Waals surface area contributed by atoms with Gasteiger partial charge in [0.2, 0.25) is 5.91 Å². The molecule has 0 aliphatic heterocycles.